The lowest BCUT2D eigenvalue weighted by molar-refractivity contribution is -0.135. The molecule has 2 aromatic rings. The van der Waals surface area contributed by atoms with Gasteiger partial charge in [-0.2, -0.15) is 0 Å². The molecule has 1 aromatic heterocycles. The Morgan fingerprint density at radius 3 is 2.28 bits per heavy atom. The number of nitrogens with one attached hydrogen (secondary N) is 1. The van der Waals surface area contributed by atoms with Gasteiger partial charge in [0.1, 0.15) is 11.5 Å². The van der Waals surface area contributed by atoms with Crippen LogP contribution in [0.5, 0.6) is 23.0 Å². The maximum Gasteiger partial charge on any atom is 0.312 e. The summed E-state index contributed by atoms with van der Waals surface area (Å²) in [5.41, 5.74) is 1.39. The summed E-state index contributed by atoms with van der Waals surface area (Å²) in [4.78, 5) is 27.3. The Morgan fingerprint density at radius 2 is 1.64 bits per heavy atom. The Kier molecular flexibility index (Phi) is 4.39. The molecule has 7 nitrogen and oxygen atoms in total. The second-order valence-electron chi connectivity index (χ2n) is 5.74. The van der Waals surface area contributed by atoms with Gasteiger partial charge >= 0.3 is 5.97 Å². The molecule has 1 aliphatic heterocycles. The van der Waals surface area contributed by atoms with Gasteiger partial charge in [-0.05, 0) is 13.0 Å². The van der Waals surface area contributed by atoms with Gasteiger partial charge in [0.25, 0.3) is 5.56 Å². The summed E-state index contributed by atoms with van der Waals surface area (Å²) in [5, 5.41) is 0. The fourth-order valence-corrected chi connectivity index (χ4v) is 3.11. The summed E-state index contributed by atoms with van der Waals surface area (Å²) in [5.74, 6) is 0.860. The molecule has 7 heteroatoms. The molecule has 0 aliphatic carbocycles. The normalized spacial score (nSPS) is 16.0. The van der Waals surface area contributed by atoms with Crippen LogP contribution >= 0.6 is 0 Å². The zero-order valence-electron chi connectivity index (χ0n) is 14.5. The molecule has 0 saturated heterocycles. The highest BCUT2D eigenvalue weighted by Crippen LogP contribution is 2.44. The van der Waals surface area contributed by atoms with Gasteiger partial charge in [-0.25, -0.2) is 0 Å². The van der Waals surface area contributed by atoms with E-state index in [1.807, 2.05) is 0 Å². The number of H-pyrrole nitrogens is 1. The van der Waals surface area contributed by atoms with Crippen molar-refractivity contribution in [3.8, 4) is 23.0 Å². The fraction of sp³-hybridized carbons (Fsp3) is 0.333. The van der Waals surface area contributed by atoms with Crippen molar-refractivity contribution in [1.82, 2.24) is 4.98 Å². The largest absolute Gasteiger partial charge is 0.496 e. The Balaban J connectivity index is 2.24. The minimum absolute atomic E-state index is 0.0327. The SMILES string of the molecule is COc1cc(OC)c(C2CC(=O)Oc3cc(C)[nH]c(=O)c32)cc1OC. The van der Waals surface area contributed by atoms with E-state index in [1.165, 1.54) is 21.3 Å². The summed E-state index contributed by atoms with van der Waals surface area (Å²) in [6.07, 6.45) is 0.0327. The molecule has 0 saturated carbocycles. The number of aromatic amines is 1. The number of hydrogen-bond donors (Lipinski definition) is 1. The van der Waals surface area contributed by atoms with E-state index in [9.17, 15) is 9.59 Å². The lowest BCUT2D eigenvalue weighted by Gasteiger charge is -2.26. The molecule has 1 N–H and O–H groups in total. The van der Waals surface area contributed by atoms with Crippen LogP contribution in [0.1, 0.15) is 29.2 Å². The van der Waals surface area contributed by atoms with E-state index >= 15 is 0 Å². The maximum absolute atomic E-state index is 12.5. The van der Waals surface area contributed by atoms with Crippen molar-refractivity contribution < 1.29 is 23.7 Å². The van der Waals surface area contributed by atoms with Crippen LogP contribution in [0, 0.1) is 6.92 Å². The van der Waals surface area contributed by atoms with Crippen molar-refractivity contribution in [2.24, 2.45) is 0 Å². The number of benzene rings is 1. The molecular weight excluding hydrogens is 326 g/mol. The van der Waals surface area contributed by atoms with Crippen molar-refractivity contribution in [1.29, 1.82) is 0 Å². The number of esters is 1. The van der Waals surface area contributed by atoms with E-state index in [1.54, 1.807) is 25.1 Å². The average Bonchev–Trinajstić information content (AvgIpc) is 2.58. The summed E-state index contributed by atoms with van der Waals surface area (Å²) in [7, 11) is 4.57. The summed E-state index contributed by atoms with van der Waals surface area (Å²) in [6, 6.07) is 5.05. The Labute approximate surface area is 144 Å². The second-order valence-corrected chi connectivity index (χ2v) is 5.74. The predicted molar refractivity (Wildman–Crippen MR) is 90.0 cm³/mol. The fourth-order valence-electron chi connectivity index (χ4n) is 3.11. The smallest absolute Gasteiger partial charge is 0.312 e. The average molecular weight is 345 g/mol. The molecule has 132 valence electrons. The van der Waals surface area contributed by atoms with Gasteiger partial charge in [0.05, 0.1) is 33.3 Å². The number of carbonyl (C=O) groups is 1. The molecular formula is C18H19NO6. The van der Waals surface area contributed by atoms with Crippen molar-refractivity contribution in [2.45, 2.75) is 19.3 Å². The Bertz CT molecular complexity index is 886. The van der Waals surface area contributed by atoms with E-state index in [-0.39, 0.29) is 17.7 Å². The number of aryl methyl sites for hydroxylation is 1. The van der Waals surface area contributed by atoms with E-state index in [2.05, 4.69) is 4.98 Å². The van der Waals surface area contributed by atoms with Crippen LogP contribution in [0.3, 0.4) is 0 Å². The minimum Gasteiger partial charge on any atom is -0.496 e. The van der Waals surface area contributed by atoms with E-state index in [0.29, 0.717) is 34.1 Å². The van der Waals surface area contributed by atoms with Crippen molar-refractivity contribution in [2.75, 3.05) is 21.3 Å². The van der Waals surface area contributed by atoms with Gasteiger partial charge in [-0.1, -0.05) is 0 Å². The van der Waals surface area contributed by atoms with Crippen LogP contribution in [0.2, 0.25) is 0 Å². The van der Waals surface area contributed by atoms with Gasteiger partial charge in [0.2, 0.25) is 0 Å². The molecule has 0 radical (unpaired) electrons. The van der Waals surface area contributed by atoms with E-state index in [4.69, 9.17) is 18.9 Å². The van der Waals surface area contributed by atoms with Crippen LogP contribution in [-0.4, -0.2) is 32.3 Å². The highest BCUT2D eigenvalue weighted by atomic mass is 16.5. The van der Waals surface area contributed by atoms with Crippen LogP contribution in [-0.2, 0) is 4.79 Å². The number of ether oxygens (including phenoxy) is 4. The maximum atomic E-state index is 12.5. The first-order chi connectivity index (χ1) is 12.0. The number of hydrogen-bond acceptors (Lipinski definition) is 6. The van der Waals surface area contributed by atoms with Crippen LogP contribution in [0.15, 0.2) is 23.0 Å². The first kappa shape index (κ1) is 16.9. The van der Waals surface area contributed by atoms with Crippen LogP contribution in [0.25, 0.3) is 0 Å². The Morgan fingerprint density at radius 1 is 1.00 bits per heavy atom. The molecule has 3 rings (SSSR count). The lowest BCUT2D eigenvalue weighted by Crippen LogP contribution is -2.28. The van der Waals surface area contributed by atoms with Crippen molar-refractivity contribution in [3.63, 3.8) is 0 Å². The number of fused-ring (bicyclic) bond motifs is 1. The molecule has 0 spiro atoms. The molecule has 0 amide bonds. The van der Waals surface area contributed by atoms with Crippen molar-refractivity contribution in [3.05, 3.63) is 45.4 Å². The predicted octanol–water partition coefficient (Wildman–Crippen LogP) is 2.15. The number of carbonyl (C=O) groups excluding carboxylic acids is 1. The van der Waals surface area contributed by atoms with Crippen LogP contribution in [0.4, 0.5) is 0 Å². The molecule has 0 fully saturated rings. The molecule has 1 aliphatic rings. The molecule has 1 aromatic carbocycles. The Hall–Kier alpha value is -2.96. The standard InChI is InChI=1S/C18H19NO6/c1-9-5-15-17(18(21)19-9)11(7-16(20)25-15)10-6-13(23-3)14(24-4)8-12(10)22-2/h5-6,8,11H,7H2,1-4H3,(H,19,21). The summed E-state index contributed by atoms with van der Waals surface area (Å²) in [6.45, 7) is 1.73. The summed E-state index contributed by atoms with van der Waals surface area (Å²) < 4.78 is 21.4. The second kappa shape index (κ2) is 6.51. The third-order valence-corrected chi connectivity index (χ3v) is 4.22. The van der Waals surface area contributed by atoms with E-state index in [0.717, 1.165) is 0 Å². The topological polar surface area (TPSA) is 86.9 Å². The highest BCUT2D eigenvalue weighted by Gasteiger charge is 2.34. The molecule has 1 atom stereocenters. The third kappa shape index (κ3) is 2.93. The van der Waals surface area contributed by atoms with Gasteiger partial charge in [0, 0.05) is 29.3 Å². The zero-order valence-corrected chi connectivity index (χ0v) is 14.5. The van der Waals surface area contributed by atoms with Crippen molar-refractivity contribution >= 4 is 5.97 Å². The first-order valence-electron chi connectivity index (χ1n) is 7.72. The lowest BCUT2D eigenvalue weighted by atomic mass is 9.86. The zero-order chi connectivity index (χ0) is 18.1. The van der Waals surface area contributed by atoms with Gasteiger partial charge in [-0.3, -0.25) is 9.59 Å². The molecule has 2 heterocycles. The first-order valence-corrected chi connectivity index (χ1v) is 7.72. The molecule has 1 unspecified atom stereocenters. The molecule has 25 heavy (non-hydrogen) atoms. The third-order valence-electron chi connectivity index (χ3n) is 4.22. The monoisotopic (exact) mass is 345 g/mol. The van der Waals surface area contributed by atoms with Gasteiger partial charge < -0.3 is 23.9 Å². The van der Waals surface area contributed by atoms with E-state index < -0.39 is 11.9 Å². The number of rotatable bonds is 4. The summed E-state index contributed by atoms with van der Waals surface area (Å²) >= 11 is 0. The number of methoxy groups -OCH3 is 3. The molecule has 0 bridgehead atoms. The highest BCUT2D eigenvalue weighted by molar-refractivity contribution is 5.78. The number of aromatic nitrogens is 1. The quantitative estimate of drug-likeness (QED) is 0.855. The number of pyridine rings is 1. The van der Waals surface area contributed by atoms with Gasteiger partial charge in [0.15, 0.2) is 11.5 Å². The van der Waals surface area contributed by atoms with Crippen LogP contribution < -0.4 is 24.5 Å². The van der Waals surface area contributed by atoms with Gasteiger partial charge in [-0.15, -0.1) is 0 Å². The minimum atomic E-state index is -0.504.